The molecule has 3 nitrogen and oxygen atoms in total. The molecule has 0 spiro atoms. The van der Waals surface area contributed by atoms with Gasteiger partial charge in [0.15, 0.2) is 0 Å². The van der Waals surface area contributed by atoms with Crippen LogP contribution in [0.5, 0.6) is 0 Å². The van der Waals surface area contributed by atoms with E-state index in [0.717, 1.165) is 18.3 Å². The number of hydrogen-bond acceptors (Lipinski definition) is 2. The lowest BCUT2D eigenvalue weighted by Gasteiger charge is -2.20. The first-order chi connectivity index (χ1) is 4.33. The number of rotatable bonds is 1. The van der Waals surface area contributed by atoms with Crippen molar-refractivity contribution >= 4 is 22.0 Å². The van der Waals surface area contributed by atoms with Crippen LogP contribution < -0.4 is 5.32 Å². The van der Waals surface area contributed by atoms with Crippen LogP contribution in [-0.2, 0) is 4.74 Å². The molecule has 0 aromatic rings. The molecule has 0 saturated carbocycles. The molecule has 1 unspecified atom stereocenters. The topological polar surface area (TPSA) is 38.3 Å². The molecule has 52 valence electrons. The third-order valence-electron chi connectivity index (χ3n) is 1.18. The lowest BCUT2D eigenvalue weighted by atomic mass is 10.3. The molecule has 1 N–H and O–H groups in total. The minimum Gasteiger partial charge on any atom is -0.445 e. The number of amides is 1. The maximum absolute atomic E-state index is 10.5. The van der Waals surface area contributed by atoms with Crippen LogP contribution in [0.3, 0.4) is 0 Å². The van der Waals surface area contributed by atoms with E-state index in [1.807, 2.05) is 0 Å². The molecule has 1 saturated heterocycles. The summed E-state index contributed by atoms with van der Waals surface area (Å²) in [7, 11) is 0. The van der Waals surface area contributed by atoms with Gasteiger partial charge in [-0.3, -0.25) is 0 Å². The van der Waals surface area contributed by atoms with Gasteiger partial charge < -0.3 is 10.1 Å². The first-order valence-electron chi connectivity index (χ1n) is 2.83. The number of halogens is 1. The van der Waals surface area contributed by atoms with Crippen LogP contribution in [0.15, 0.2) is 0 Å². The fraction of sp³-hybridized carbons (Fsp3) is 0.800. The van der Waals surface area contributed by atoms with Crippen molar-refractivity contribution in [3.8, 4) is 0 Å². The summed E-state index contributed by atoms with van der Waals surface area (Å²) in [5, 5.41) is 3.30. The molecule has 0 aromatic carbocycles. The fourth-order valence-electron chi connectivity index (χ4n) is 0.696. The summed E-state index contributed by atoms with van der Waals surface area (Å²) in [4.78, 5) is 10.5. The highest BCUT2D eigenvalue weighted by Gasteiger charge is 2.17. The van der Waals surface area contributed by atoms with Crippen LogP contribution in [0, 0.1) is 0 Å². The summed E-state index contributed by atoms with van der Waals surface area (Å²) in [6, 6.07) is 0. The summed E-state index contributed by atoms with van der Waals surface area (Å²) >= 11 is 3.23. The Morgan fingerprint density at radius 1 is 1.89 bits per heavy atom. The van der Waals surface area contributed by atoms with Crippen LogP contribution in [0.4, 0.5) is 4.79 Å². The molecule has 9 heavy (non-hydrogen) atoms. The monoisotopic (exact) mass is 193 g/mol. The van der Waals surface area contributed by atoms with Crippen LogP contribution >= 0.6 is 15.9 Å². The second-order valence-corrected chi connectivity index (χ2v) is 2.54. The number of cyclic esters (lactones) is 1. The maximum atomic E-state index is 10.5. The summed E-state index contributed by atoms with van der Waals surface area (Å²) in [6.45, 7) is 0.731. The second kappa shape index (κ2) is 3.06. The molecular weight excluding hydrogens is 186 g/mol. The predicted octanol–water partition coefficient (Wildman–Crippen LogP) is 0.880. The molecule has 1 amide bonds. The Balaban J connectivity index is 2.32. The van der Waals surface area contributed by atoms with Gasteiger partial charge in [-0.05, 0) is 0 Å². The number of alkyl halides is 1. The van der Waals surface area contributed by atoms with Gasteiger partial charge >= 0.3 is 6.09 Å². The molecule has 1 heterocycles. The first-order valence-corrected chi connectivity index (χ1v) is 3.95. The van der Waals surface area contributed by atoms with Crippen molar-refractivity contribution in [2.75, 3.05) is 11.9 Å². The maximum Gasteiger partial charge on any atom is 0.407 e. The Hall–Kier alpha value is -0.250. The number of carbonyl (C=O) groups is 1. The van der Waals surface area contributed by atoms with Gasteiger partial charge in [0.1, 0.15) is 6.10 Å². The molecule has 1 atom stereocenters. The van der Waals surface area contributed by atoms with E-state index in [4.69, 9.17) is 4.74 Å². The second-order valence-electron chi connectivity index (χ2n) is 1.90. The molecule has 1 aliphatic rings. The SMILES string of the molecule is O=C1NCCC(CBr)O1. The van der Waals surface area contributed by atoms with E-state index in [0.29, 0.717) is 0 Å². The number of nitrogens with one attached hydrogen (secondary N) is 1. The zero-order chi connectivity index (χ0) is 6.69. The number of ether oxygens (including phenoxy) is 1. The number of hydrogen-bond donors (Lipinski definition) is 1. The van der Waals surface area contributed by atoms with Crippen molar-refractivity contribution in [1.82, 2.24) is 5.32 Å². The van der Waals surface area contributed by atoms with Crippen LogP contribution in [0.25, 0.3) is 0 Å². The first kappa shape index (κ1) is 6.86. The number of alkyl carbamates (subject to hydrolysis) is 1. The van der Waals surface area contributed by atoms with Gasteiger partial charge in [0.05, 0.1) is 0 Å². The van der Waals surface area contributed by atoms with Crippen molar-refractivity contribution in [3.63, 3.8) is 0 Å². The molecule has 1 rings (SSSR count). The molecule has 0 aliphatic carbocycles. The van der Waals surface area contributed by atoms with Gasteiger partial charge in [0, 0.05) is 18.3 Å². The van der Waals surface area contributed by atoms with Crippen molar-refractivity contribution in [1.29, 1.82) is 0 Å². The Labute approximate surface area is 61.9 Å². The van der Waals surface area contributed by atoms with E-state index in [1.165, 1.54) is 0 Å². The largest absolute Gasteiger partial charge is 0.445 e. The van der Waals surface area contributed by atoms with Crippen LogP contribution in [0.1, 0.15) is 6.42 Å². The zero-order valence-corrected chi connectivity index (χ0v) is 6.48. The molecule has 1 aliphatic heterocycles. The molecule has 0 aromatic heterocycles. The van der Waals surface area contributed by atoms with Crippen molar-refractivity contribution < 1.29 is 9.53 Å². The predicted molar refractivity (Wildman–Crippen MR) is 36.7 cm³/mol. The molecule has 4 heteroatoms. The standard InChI is InChI=1S/C5H8BrNO2/c6-3-4-1-2-7-5(8)9-4/h4H,1-3H2,(H,7,8). The Morgan fingerprint density at radius 2 is 2.67 bits per heavy atom. The molecular formula is C5H8BrNO2. The average Bonchev–Trinajstić information content (AvgIpc) is 1.88. The van der Waals surface area contributed by atoms with E-state index in [2.05, 4.69) is 21.2 Å². The van der Waals surface area contributed by atoms with Crippen molar-refractivity contribution in [3.05, 3.63) is 0 Å². The molecule has 0 bridgehead atoms. The zero-order valence-electron chi connectivity index (χ0n) is 4.89. The van der Waals surface area contributed by atoms with E-state index in [1.54, 1.807) is 0 Å². The lowest BCUT2D eigenvalue weighted by molar-refractivity contribution is 0.0870. The quantitative estimate of drug-likeness (QED) is 0.629. The molecule has 0 radical (unpaired) electrons. The van der Waals surface area contributed by atoms with E-state index < -0.39 is 0 Å². The van der Waals surface area contributed by atoms with Gasteiger partial charge in [-0.1, -0.05) is 15.9 Å². The van der Waals surface area contributed by atoms with Crippen molar-refractivity contribution in [2.45, 2.75) is 12.5 Å². The van der Waals surface area contributed by atoms with E-state index in [-0.39, 0.29) is 12.2 Å². The Morgan fingerprint density at radius 3 is 3.11 bits per heavy atom. The summed E-state index contributed by atoms with van der Waals surface area (Å²) in [5.41, 5.74) is 0. The normalized spacial score (nSPS) is 26.8. The Kier molecular flexibility index (Phi) is 2.33. The number of carbonyl (C=O) groups excluding carboxylic acids is 1. The minimum atomic E-state index is -0.300. The highest BCUT2D eigenvalue weighted by molar-refractivity contribution is 9.09. The summed E-state index contributed by atoms with van der Waals surface area (Å²) in [5.74, 6) is 0. The van der Waals surface area contributed by atoms with E-state index >= 15 is 0 Å². The fourth-order valence-corrected chi connectivity index (χ4v) is 1.15. The highest BCUT2D eigenvalue weighted by Crippen LogP contribution is 2.05. The summed E-state index contributed by atoms with van der Waals surface area (Å²) < 4.78 is 4.84. The summed E-state index contributed by atoms with van der Waals surface area (Å²) in [6.07, 6.45) is 0.668. The Bertz CT molecular complexity index is 118. The third-order valence-corrected chi connectivity index (χ3v) is 1.90. The van der Waals surface area contributed by atoms with Gasteiger partial charge in [-0.2, -0.15) is 0 Å². The average molecular weight is 194 g/mol. The van der Waals surface area contributed by atoms with Gasteiger partial charge in [0.2, 0.25) is 0 Å². The van der Waals surface area contributed by atoms with Gasteiger partial charge in [-0.15, -0.1) is 0 Å². The third kappa shape index (κ3) is 1.86. The van der Waals surface area contributed by atoms with Crippen LogP contribution in [-0.4, -0.2) is 24.1 Å². The highest BCUT2D eigenvalue weighted by atomic mass is 79.9. The van der Waals surface area contributed by atoms with Gasteiger partial charge in [0.25, 0.3) is 0 Å². The lowest BCUT2D eigenvalue weighted by Crippen LogP contribution is -2.38. The van der Waals surface area contributed by atoms with Crippen LogP contribution in [0.2, 0.25) is 0 Å². The molecule has 1 fully saturated rings. The smallest absolute Gasteiger partial charge is 0.407 e. The van der Waals surface area contributed by atoms with Crippen molar-refractivity contribution in [2.24, 2.45) is 0 Å². The minimum absolute atomic E-state index is 0.0683. The van der Waals surface area contributed by atoms with Gasteiger partial charge in [-0.25, -0.2) is 4.79 Å². The van der Waals surface area contributed by atoms with E-state index in [9.17, 15) is 4.79 Å².